The summed E-state index contributed by atoms with van der Waals surface area (Å²) in [5.74, 6) is 0. The molecule has 3 rings (SSSR count). The molecule has 4 heteroatoms. The molecule has 0 bridgehead atoms. The number of hydrogen-bond acceptors (Lipinski definition) is 2. The highest BCUT2D eigenvalue weighted by Crippen LogP contribution is 2.18. The van der Waals surface area contributed by atoms with Crippen LogP contribution in [-0.2, 0) is 0 Å². The van der Waals surface area contributed by atoms with Gasteiger partial charge >= 0.3 is 7.12 Å². The van der Waals surface area contributed by atoms with Crippen LogP contribution in [0.2, 0.25) is 13.1 Å². The Hall–Kier alpha value is -2.14. The predicted molar refractivity (Wildman–Crippen MR) is 105 cm³/mol. The van der Waals surface area contributed by atoms with Gasteiger partial charge in [0, 0.05) is 0 Å². The van der Waals surface area contributed by atoms with E-state index in [0.29, 0.717) is 5.46 Å². The number of rotatable bonds is 4. The van der Waals surface area contributed by atoms with Gasteiger partial charge in [-0.1, -0.05) is 102 Å². The van der Waals surface area contributed by atoms with Crippen molar-refractivity contribution in [3.05, 3.63) is 78.9 Å². The Morgan fingerprint density at radius 2 is 1.25 bits per heavy atom. The Labute approximate surface area is 144 Å². The maximum Gasteiger partial charge on any atom is 0.488 e. The van der Waals surface area contributed by atoms with Gasteiger partial charge < -0.3 is 10.0 Å². The zero-order valence-electron chi connectivity index (χ0n) is 14.0. The van der Waals surface area contributed by atoms with Crippen LogP contribution < -0.4 is 15.8 Å². The second-order valence-electron chi connectivity index (χ2n) is 6.57. The van der Waals surface area contributed by atoms with E-state index in [2.05, 4.69) is 67.7 Å². The minimum absolute atomic E-state index is 0.548. The van der Waals surface area contributed by atoms with E-state index < -0.39 is 15.2 Å². The molecule has 0 atom stereocenters. The summed E-state index contributed by atoms with van der Waals surface area (Å²) in [6.45, 7) is 4.58. The third-order valence-electron chi connectivity index (χ3n) is 4.60. The largest absolute Gasteiger partial charge is 0.488 e. The molecule has 0 aliphatic carbocycles. The summed E-state index contributed by atoms with van der Waals surface area (Å²) in [5, 5.41) is 21.4. The van der Waals surface area contributed by atoms with Crippen LogP contribution in [-0.4, -0.2) is 25.2 Å². The van der Waals surface area contributed by atoms with E-state index in [-0.39, 0.29) is 0 Å². The monoisotopic (exact) mass is 332 g/mol. The molecular formula is C20H21BO2Si. The Bertz CT molecular complexity index is 832. The fourth-order valence-electron chi connectivity index (χ4n) is 2.97. The van der Waals surface area contributed by atoms with Gasteiger partial charge in [0.15, 0.2) is 0 Å². The Morgan fingerprint density at radius 1 is 0.667 bits per heavy atom. The topological polar surface area (TPSA) is 40.5 Å². The minimum Gasteiger partial charge on any atom is -0.423 e. The third kappa shape index (κ3) is 3.36. The van der Waals surface area contributed by atoms with E-state index in [1.54, 1.807) is 6.07 Å². The quantitative estimate of drug-likeness (QED) is 0.716. The van der Waals surface area contributed by atoms with Crippen molar-refractivity contribution in [1.82, 2.24) is 0 Å². The van der Waals surface area contributed by atoms with Crippen molar-refractivity contribution in [3.8, 4) is 11.1 Å². The van der Waals surface area contributed by atoms with Crippen molar-refractivity contribution in [3.63, 3.8) is 0 Å². The van der Waals surface area contributed by atoms with Crippen molar-refractivity contribution < 1.29 is 10.0 Å². The van der Waals surface area contributed by atoms with E-state index >= 15 is 0 Å². The molecule has 0 aliphatic heterocycles. The maximum absolute atomic E-state index is 9.45. The van der Waals surface area contributed by atoms with Crippen LogP contribution in [0.3, 0.4) is 0 Å². The minimum atomic E-state index is -1.92. The van der Waals surface area contributed by atoms with Gasteiger partial charge in [-0.2, -0.15) is 0 Å². The summed E-state index contributed by atoms with van der Waals surface area (Å²) in [7, 11) is -3.34. The molecule has 0 amide bonds. The first-order chi connectivity index (χ1) is 11.5. The van der Waals surface area contributed by atoms with Gasteiger partial charge in [0.1, 0.15) is 8.07 Å². The van der Waals surface area contributed by atoms with Crippen molar-refractivity contribution in [1.29, 1.82) is 0 Å². The molecule has 0 heterocycles. The molecule has 2 nitrogen and oxygen atoms in total. The van der Waals surface area contributed by atoms with Gasteiger partial charge in [0.2, 0.25) is 0 Å². The summed E-state index contributed by atoms with van der Waals surface area (Å²) in [5.41, 5.74) is 2.97. The molecule has 24 heavy (non-hydrogen) atoms. The Kier molecular flexibility index (Phi) is 4.71. The maximum atomic E-state index is 9.45. The average molecular weight is 332 g/mol. The summed E-state index contributed by atoms with van der Waals surface area (Å²) in [4.78, 5) is 0. The molecular weight excluding hydrogens is 311 g/mol. The highest BCUT2D eigenvalue weighted by molar-refractivity contribution is 7.00. The molecule has 0 spiro atoms. The smallest absolute Gasteiger partial charge is 0.423 e. The normalized spacial score (nSPS) is 11.3. The molecule has 0 radical (unpaired) electrons. The first-order valence-electron chi connectivity index (χ1n) is 8.11. The average Bonchev–Trinajstić information content (AvgIpc) is 2.62. The fraction of sp³-hybridized carbons (Fsp3) is 0.100. The molecule has 0 aliphatic rings. The van der Waals surface area contributed by atoms with Crippen molar-refractivity contribution in [2.24, 2.45) is 0 Å². The molecule has 0 saturated carbocycles. The van der Waals surface area contributed by atoms with E-state index in [9.17, 15) is 10.0 Å². The lowest BCUT2D eigenvalue weighted by Crippen LogP contribution is -2.54. The third-order valence-corrected chi connectivity index (χ3v) is 8.11. The van der Waals surface area contributed by atoms with E-state index in [0.717, 1.165) is 0 Å². The lowest BCUT2D eigenvalue weighted by Gasteiger charge is -2.25. The lowest BCUT2D eigenvalue weighted by atomic mass is 9.80. The van der Waals surface area contributed by atoms with Crippen LogP contribution >= 0.6 is 0 Å². The summed E-state index contributed by atoms with van der Waals surface area (Å²) < 4.78 is 0. The van der Waals surface area contributed by atoms with Crippen molar-refractivity contribution >= 4 is 31.0 Å². The zero-order chi connectivity index (χ0) is 17.2. The van der Waals surface area contributed by atoms with Crippen molar-refractivity contribution in [2.45, 2.75) is 13.1 Å². The molecule has 0 aromatic heterocycles. The number of benzene rings is 3. The molecule has 0 unspecified atom stereocenters. The van der Waals surface area contributed by atoms with Gasteiger partial charge in [-0.25, -0.2) is 0 Å². The molecule has 0 fully saturated rings. The fourth-order valence-corrected chi connectivity index (χ4v) is 5.38. The zero-order valence-corrected chi connectivity index (χ0v) is 15.0. The molecule has 0 saturated heterocycles. The van der Waals surface area contributed by atoms with E-state index in [1.165, 1.54) is 21.5 Å². The highest BCUT2D eigenvalue weighted by atomic mass is 28.3. The first kappa shape index (κ1) is 16.7. The van der Waals surface area contributed by atoms with Crippen LogP contribution in [0.5, 0.6) is 0 Å². The lowest BCUT2D eigenvalue weighted by molar-refractivity contribution is 0.426. The van der Waals surface area contributed by atoms with Gasteiger partial charge in [-0.3, -0.25) is 0 Å². The summed E-state index contributed by atoms with van der Waals surface area (Å²) in [6, 6.07) is 26.7. The Morgan fingerprint density at radius 3 is 1.92 bits per heavy atom. The van der Waals surface area contributed by atoms with Crippen LogP contribution in [0, 0.1) is 0 Å². The molecule has 2 N–H and O–H groups in total. The van der Waals surface area contributed by atoms with Crippen LogP contribution in [0.25, 0.3) is 11.1 Å². The highest BCUT2D eigenvalue weighted by Gasteiger charge is 2.27. The number of hydrogen-bond donors (Lipinski definition) is 2. The second kappa shape index (κ2) is 6.77. The SMILES string of the molecule is C[Si](C)(c1cccc(B(O)O)c1)c1cccc(-c2ccccc2)c1. The van der Waals surface area contributed by atoms with Gasteiger partial charge in [-0.05, 0) is 16.6 Å². The second-order valence-corrected chi connectivity index (χ2v) is 11.0. The van der Waals surface area contributed by atoms with E-state index in [4.69, 9.17) is 0 Å². The summed E-state index contributed by atoms with van der Waals surface area (Å²) in [6.07, 6.45) is 0. The van der Waals surface area contributed by atoms with Gasteiger partial charge in [0.05, 0.1) is 0 Å². The summed E-state index contributed by atoms with van der Waals surface area (Å²) >= 11 is 0. The van der Waals surface area contributed by atoms with Gasteiger partial charge in [-0.15, -0.1) is 0 Å². The standard InChI is InChI=1S/C20H21BO2Si/c1-24(2,20-13-7-11-18(15-20)21(22)23)19-12-6-10-17(14-19)16-8-4-3-5-9-16/h3-15,22-23H,1-2H3. The van der Waals surface area contributed by atoms with Crippen LogP contribution in [0.1, 0.15) is 0 Å². The molecule has 3 aromatic carbocycles. The van der Waals surface area contributed by atoms with Crippen LogP contribution in [0.15, 0.2) is 78.9 Å². The molecule has 3 aromatic rings. The van der Waals surface area contributed by atoms with Crippen LogP contribution in [0.4, 0.5) is 0 Å². The van der Waals surface area contributed by atoms with Gasteiger partial charge in [0.25, 0.3) is 0 Å². The molecule has 120 valence electrons. The Balaban J connectivity index is 2.03. The van der Waals surface area contributed by atoms with E-state index in [1.807, 2.05) is 18.2 Å². The predicted octanol–water partition coefficient (Wildman–Crippen LogP) is 1.86. The van der Waals surface area contributed by atoms with Crippen molar-refractivity contribution in [2.75, 3.05) is 0 Å². The first-order valence-corrected chi connectivity index (χ1v) is 11.1.